The smallest absolute Gasteiger partial charge is 0.00956 e. The predicted octanol–water partition coefficient (Wildman–Crippen LogP) is 4.37. The summed E-state index contributed by atoms with van der Waals surface area (Å²) >= 11 is 0. The number of nitrogens with one attached hydrogen (secondary N) is 1. The first-order valence-corrected chi connectivity index (χ1v) is 7.76. The average molecular weight is 237 g/mol. The number of hydrogen-bond acceptors (Lipinski definition) is 1. The standard InChI is InChI=1S/C16H31N/c1-5-14(10-13-6-7-13)17-15-8-9-16(3,4)11-12(15)2/h12-15,17H,5-11H2,1-4H3. The van der Waals surface area contributed by atoms with Gasteiger partial charge in [-0.1, -0.05) is 40.5 Å². The van der Waals surface area contributed by atoms with Crippen molar-refractivity contribution in [3.8, 4) is 0 Å². The summed E-state index contributed by atoms with van der Waals surface area (Å²) in [6, 6.07) is 1.57. The van der Waals surface area contributed by atoms with Gasteiger partial charge in [-0.25, -0.2) is 0 Å². The van der Waals surface area contributed by atoms with Crippen LogP contribution in [0.5, 0.6) is 0 Å². The molecule has 1 N–H and O–H groups in total. The van der Waals surface area contributed by atoms with Gasteiger partial charge in [0.25, 0.3) is 0 Å². The van der Waals surface area contributed by atoms with Gasteiger partial charge in [-0.2, -0.15) is 0 Å². The third-order valence-corrected chi connectivity index (χ3v) is 4.95. The fraction of sp³-hybridized carbons (Fsp3) is 1.00. The summed E-state index contributed by atoms with van der Waals surface area (Å²) in [5, 5.41) is 3.96. The summed E-state index contributed by atoms with van der Waals surface area (Å²) in [6.07, 6.45) is 9.90. The Morgan fingerprint density at radius 3 is 2.47 bits per heavy atom. The molecule has 2 aliphatic carbocycles. The van der Waals surface area contributed by atoms with Crippen molar-refractivity contribution in [2.24, 2.45) is 17.3 Å². The molecule has 0 aromatic rings. The third kappa shape index (κ3) is 3.98. The molecule has 2 saturated carbocycles. The second-order valence-electron chi connectivity index (χ2n) is 7.44. The number of hydrogen-bond donors (Lipinski definition) is 1. The van der Waals surface area contributed by atoms with E-state index in [-0.39, 0.29) is 0 Å². The van der Waals surface area contributed by atoms with Crippen LogP contribution in [0.3, 0.4) is 0 Å². The predicted molar refractivity (Wildman–Crippen MR) is 75.1 cm³/mol. The molecule has 2 aliphatic rings. The Kier molecular flexibility index (Phi) is 4.18. The molecule has 0 aromatic carbocycles. The van der Waals surface area contributed by atoms with Crippen molar-refractivity contribution in [2.75, 3.05) is 0 Å². The molecule has 2 rings (SSSR count). The maximum absolute atomic E-state index is 3.96. The SMILES string of the molecule is CCC(CC1CC1)NC1CCC(C)(C)CC1C. The topological polar surface area (TPSA) is 12.0 Å². The Labute approximate surface area is 108 Å². The first kappa shape index (κ1) is 13.4. The van der Waals surface area contributed by atoms with E-state index in [1.54, 1.807) is 0 Å². The van der Waals surface area contributed by atoms with Gasteiger partial charge in [-0.05, 0) is 49.4 Å². The number of rotatable bonds is 5. The van der Waals surface area contributed by atoms with Crippen molar-refractivity contribution in [1.82, 2.24) is 5.32 Å². The lowest BCUT2D eigenvalue weighted by molar-refractivity contribution is 0.138. The minimum absolute atomic E-state index is 0.579. The molecule has 0 aromatic heterocycles. The Balaban J connectivity index is 1.80. The zero-order valence-electron chi connectivity index (χ0n) is 12.3. The third-order valence-electron chi connectivity index (χ3n) is 4.95. The molecule has 0 aliphatic heterocycles. The highest BCUT2D eigenvalue weighted by molar-refractivity contribution is 4.89. The zero-order valence-corrected chi connectivity index (χ0v) is 12.3. The molecule has 0 amide bonds. The van der Waals surface area contributed by atoms with Crippen molar-refractivity contribution in [3.63, 3.8) is 0 Å². The average Bonchev–Trinajstić information content (AvgIpc) is 3.04. The van der Waals surface area contributed by atoms with Crippen LogP contribution in [-0.4, -0.2) is 12.1 Å². The molecule has 0 heterocycles. The summed E-state index contributed by atoms with van der Waals surface area (Å²) in [6.45, 7) is 9.66. The van der Waals surface area contributed by atoms with Gasteiger partial charge >= 0.3 is 0 Å². The molecule has 1 nitrogen and oxygen atoms in total. The zero-order chi connectivity index (χ0) is 12.5. The van der Waals surface area contributed by atoms with Gasteiger partial charge < -0.3 is 5.32 Å². The van der Waals surface area contributed by atoms with Gasteiger partial charge in [0.15, 0.2) is 0 Å². The maximum Gasteiger partial charge on any atom is 0.00956 e. The minimum atomic E-state index is 0.579. The fourth-order valence-corrected chi connectivity index (χ4v) is 3.61. The van der Waals surface area contributed by atoms with E-state index in [1.165, 1.54) is 44.9 Å². The van der Waals surface area contributed by atoms with E-state index in [0.29, 0.717) is 5.41 Å². The van der Waals surface area contributed by atoms with Crippen LogP contribution < -0.4 is 5.32 Å². The van der Waals surface area contributed by atoms with Crippen LogP contribution in [0, 0.1) is 17.3 Å². The van der Waals surface area contributed by atoms with E-state index in [9.17, 15) is 0 Å². The van der Waals surface area contributed by atoms with E-state index in [4.69, 9.17) is 0 Å². The Bertz CT molecular complexity index is 242. The van der Waals surface area contributed by atoms with E-state index < -0.39 is 0 Å². The van der Waals surface area contributed by atoms with E-state index in [0.717, 1.165) is 23.9 Å². The van der Waals surface area contributed by atoms with Crippen LogP contribution in [0.4, 0.5) is 0 Å². The van der Waals surface area contributed by atoms with Gasteiger partial charge in [-0.3, -0.25) is 0 Å². The van der Waals surface area contributed by atoms with Gasteiger partial charge in [0.1, 0.15) is 0 Å². The minimum Gasteiger partial charge on any atom is -0.311 e. The second kappa shape index (κ2) is 5.30. The van der Waals surface area contributed by atoms with E-state index in [2.05, 4.69) is 33.0 Å². The van der Waals surface area contributed by atoms with Crippen molar-refractivity contribution in [1.29, 1.82) is 0 Å². The molecule has 3 unspecified atom stereocenters. The molecule has 0 saturated heterocycles. The Morgan fingerprint density at radius 2 is 1.94 bits per heavy atom. The van der Waals surface area contributed by atoms with Crippen molar-refractivity contribution in [2.45, 2.75) is 84.7 Å². The van der Waals surface area contributed by atoms with Crippen molar-refractivity contribution < 1.29 is 0 Å². The molecule has 17 heavy (non-hydrogen) atoms. The van der Waals surface area contributed by atoms with Gasteiger partial charge in [0, 0.05) is 12.1 Å². The largest absolute Gasteiger partial charge is 0.311 e. The van der Waals surface area contributed by atoms with Crippen molar-refractivity contribution in [3.05, 3.63) is 0 Å². The van der Waals surface area contributed by atoms with E-state index >= 15 is 0 Å². The van der Waals surface area contributed by atoms with Gasteiger partial charge in [-0.15, -0.1) is 0 Å². The van der Waals surface area contributed by atoms with Crippen LogP contribution in [0.2, 0.25) is 0 Å². The van der Waals surface area contributed by atoms with Crippen molar-refractivity contribution >= 4 is 0 Å². The molecule has 100 valence electrons. The molecule has 1 heteroatoms. The molecular weight excluding hydrogens is 206 g/mol. The normalized spacial score (nSPS) is 34.6. The van der Waals surface area contributed by atoms with Gasteiger partial charge in [0.05, 0.1) is 0 Å². The highest BCUT2D eigenvalue weighted by Gasteiger charge is 2.34. The molecule has 0 bridgehead atoms. The van der Waals surface area contributed by atoms with Gasteiger partial charge in [0.2, 0.25) is 0 Å². The molecule has 2 fully saturated rings. The highest BCUT2D eigenvalue weighted by atomic mass is 15.0. The van der Waals surface area contributed by atoms with Crippen LogP contribution in [0.15, 0.2) is 0 Å². The Morgan fingerprint density at radius 1 is 1.24 bits per heavy atom. The molecule has 0 spiro atoms. The molecule has 0 radical (unpaired) electrons. The van der Waals surface area contributed by atoms with E-state index in [1.807, 2.05) is 0 Å². The first-order chi connectivity index (χ1) is 8.00. The Hall–Kier alpha value is -0.0400. The maximum atomic E-state index is 3.96. The van der Waals surface area contributed by atoms with Crippen LogP contribution in [0.1, 0.15) is 72.6 Å². The lowest BCUT2D eigenvalue weighted by Crippen LogP contribution is -2.46. The molecular formula is C16H31N. The highest BCUT2D eigenvalue weighted by Crippen LogP contribution is 2.39. The summed E-state index contributed by atoms with van der Waals surface area (Å²) in [5.41, 5.74) is 0.579. The fourth-order valence-electron chi connectivity index (χ4n) is 3.61. The lowest BCUT2D eigenvalue weighted by atomic mass is 9.70. The quantitative estimate of drug-likeness (QED) is 0.748. The molecule has 3 atom stereocenters. The lowest BCUT2D eigenvalue weighted by Gasteiger charge is -2.41. The summed E-state index contributed by atoms with van der Waals surface area (Å²) < 4.78 is 0. The summed E-state index contributed by atoms with van der Waals surface area (Å²) in [7, 11) is 0. The van der Waals surface area contributed by atoms with Crippen LogP contribution in [-0.2, 0) is 0 Å². The van der Waals surface area contributed by atoms with Crippen LogP contribution in [0.25, 0.3) is 0 Å². The van der Waals surface area contributed by atoms with Crippen LogP contribution >= 0.6 is 0 Å². The summed E-state index contributed by atoms with van der Waals surface area (Å²) in [4.78, 5) is 0. The summed E-state index contributed by atoms with van der Waals surface area (Å²) in [5.74, 6) is 1.91. The monoisotopic (exact) mass is 237 g/mol. The first-order valence-electron chi connectivity index (χ1n) is 7.76. The second-order valence-corrected chi connectivity index (χ2v) is 7.44.